The van der Waals surface area contributed by atoms with Gasteiger partial charge in [0.2, 0.25) is 0 Å². The summed E-state index contributed by atoms with van der Waals surface area (Å²) in [4.78, 5) is 4.31. The fourth-order valence-electron chi connectivity index (χ4n) is 3.20. The minimum absolute atomic E-state index is 0.224. The van der Waals surface area contributed by atoms with Crippen LogP contribution < -0.4 is 11.1 Å². The molecule has 1 aliphatic heterocycles. The Balaban J connectivity index is 1.93. The molecule has 0 aromatic rings. The molecule has 0 bridgehead atoms. The van der Waals surface area contributed by atoms with E-state index in [4.69, 9.17) is 5.73 Å². The van der Waals surface area contributed by atoms with Crippen LogP contribution in [0.25, 0.3) is 0 Å². The van der Waals surface area contributed by atoms with E-state index in [1.165, 1.54) is 32.1 Å². The van der Waals surface area contributed by atoms with E-state index in [-0.39, 0.29) is 5.54 Å². The van der Waals surface area contributed by atoms with Crippen LogP contribution in [0.2, 0.25) is 0 Å². The van der Waals surface area contributed by atoms with Crippen LogP contribution in [0.1, 0.15) is 46.0 Å². The van der Waals surface area contributed by atoms with Crippen LogP contribution >= 0.6 is 0 Å². The maximum atomic E-state index is 5.73. The first-order valence-electron chi connectivity index (χ1n) is 6.18. The normalized spacial score (nSPS) is 35.7. The monoisotopic (exact) mass is 209 g/mol. The third kappa shape index (κ3) is 2.44. The lowest BCUT2D eigenvalue weighted by atomic mass is 9.73. The summed E-state index contributed by atoms with van der Waals surface area (Å²) < 4.78 is 0. The molecule has 0 aromatic carbocycles. The lowest BCUT2D eigenvalue weighted by Gasteiger charge is -2.38. The zero-order chi connectivity index (χ0) is 10.9. The number of rotatable bonds is 2. The minimum atomic E-state index is 0.224. The van der Waals surface area contributed by atoms with Crippen LogP contribution in [0, 0.1) is 11.8 Å². The van der Waals surface area contributed by atoms with Crippen LogP contribution in [-0.4, -0.2) is 18.0 Å². The van der Waals surface area contributed by atoms with Gasteiger partial charge in [-0.25, -0.2) is 0 Å². The van der Waals surface area contributed by atoms with Crippen molar-refractivity contribution in [3.8, 4) is 0 Å². The van der Waals surface area contributed by atoms with Crippen LogP contribution in [0.15, 0.2) is 4.99 Å². The molecule has 1 heterocycles. The zero-order valence-electron chi connectivity index (χ0n) is 9.92. The number of hydrogen-bond acceptors (Lipinski definition) is 3. The highest BCUT2D eigenvalue weighted by Gasteiger charge is 2.39. The smallest absolute Gasteiger partial charge is 0.189 e. The predicted octanol–water partition coefficient (Wildman–Crippen LogP) is 1.88. The van der Waals surface area contributed by atoms with Crippen LogP contribution in [0.4, 0.5) is 0 Å². The van der Waals surface area contributed by atoms with Crippen molar-refractivity contribution >= 4 is 5.96 Å². The lowest BCUT2D eigenvalue weighted by molar-refractivity contribution is 0.197. The molecule has 1 fully saturated rings. The van der Waals surface area contributed by atoms with Gasteiger partial charge in [0, 0.05) is 0 Å². The second-order valence-corrected chi connectivity index (χ2v) is 5.70. The van der Waals surface area contributed by atoms with Gasteiger partial charge in [0.15, 0.2) is 5.96 Å². The molecule has 0 amide bonds. The van der Waals surface area contributed by atoms with Gasteiger partial charge in [0.1, 0.15) is 0 Å². The first kappa shape index (κ1) is 10.8. The lowest BCUT2D eigenvalue weighted by Crippen LogP contribution is -2.51. The average Bonchev–Trinajstić information content (AvgIpc) is 2.46. The van der Waals surface area contributed by atoms with E-state index in [1.807, 2.05) is 0 Å². The van der Waals surface area contributed by atoms with E-state index in [2.05, 4.69) is 24.2 Å². The Morgan fingerprint density at radius 1 is 1.60 bits per heavy atom. The zero-order valence-corrected chi connectivity index (χ0v) is 9.92. The number of nitrogens with two attached hydrogens (primary N) is 1. The van der Waals surface area contributed by atoms with Crippen molar-refractivity contribution in [1.29, 1.82) is 0 Å². The van der Waals surface area contributed by atoms with Gasteiger partial charge in [0.05, 0.1) is 12.1 Å². The summed E-state index contributed by atoms with van der Waals surface area (Å²) in [5.74, 6) is 2.33. The first-order chi connectivity index (χ1) is 7.10. The second kappa shape index (κ2) is 4.03. The quantitative estimate of drug-likeness (QED) is 0.729. The van der Waals surface area contributed by atoms with E-state index in [0.29, 0.717) is 5.96 Å². The fraction of sp³-hybridized carbons (Fsp3) is 0.917. The Labute approximate surface area is 92.5 Å². The van der Waals surface area contributed by atoms with Crippen molar-refractivity contribution in [3.63, 3.8) is 0 Å². The maximum absolute atomic E-state index is 5.73. The molecule has 2 unspecified atom stereocenters. The summed E-state index contributed by atoms with van der Waals surface area (Å²) >= 11 is 0. The Morgan fingerprint density at radius 2 is 2.40 bits per heavy atom. The molecule has 2 aliphatic rings. The highest BCUT2D eigenvalue weighted by atomic mass is 15.2. The fourth-order valence-corrected chi connectivity index (χ4v) is 3.20. The molecule has 3 N–H and O–H groups in total. The topological polar surface area (TPSA) is 50.4 Å². The molecule has 3 nitrogen and oxygen atoms in total. The Kier molecular flexibility index (Phi) is 2.89. The Morgan fingerprint density at radius 3 is 3.00 bits per heavy atom. The molecule has 15 heavy (non-hydrogen) atoms. The SMILES string of the molecule is CC(C)CC1CCCC2(CN=C(N)N2)C1. The molecule has 0 radical (unpaired) electrons. The van der Waals surface area contributed by atoms with Crippen molar-refractivity contribution in [1.82, 2.24) is 5.32 Å². The number of nitrogens with zero attached hydrogens (tertiary/aromatic N) is 1. The van der Waals surface area contributed by atoms with Gasteiger partial charge in [-0.3, -0.25) is 4.99 Å². The third-order valence-corrected chi connectivity index (χ3v) is 3.70. The largest absolute Gasteiger partial charge is 0.370 e. The average molecular weight is 209 g/mol. The van der Waals surface area contributed by atoms with Gasteiger partial charge < -0.3 is 11.1 Å². The first-order valence-corrected chi connectivity index (χ1v) is 6.18. The predicted molar refractivity (Wildman–Crippen MR) is 63.8 cm³/mol. The maximum Gasteiger partial charge on any atom is 0.189 e. The molecular weight excluding hydrogens is 186 g/mol. The number of aliphatic imine (C=N–C) groups is 1. The van der Waals surface area contributed by atoms with Gasteiger partial charge in [-0.15, -0.1) is 0 Å². The molecule has 0 aromatic heterocycles. The van der Waals surface area contributed by atoms with E-state index in [0.717, 1.165) is 18.4 Å². The molecule has 3 heteroatoms. The van der Waals surface area contributed by atoms with E-state index >= 15 is 0 Å². The van der Waals surface area contributed by atoms with Crippen LogP contribution in [0.5, 0.6) is 0 Å². The highest BCUT2D eigenvalue weighted by molar-refractivity contribution is 5.80. The van der Waals surface area contributed by atoms with Gasteiger partial charge >= 0.3 is 0 Å². The molecule has 2 atom stereocenters. The van der Waals surface area contributed by atoms with E-state index in [9.17, 15) is 0 Å². The van der Waals surface area contributed by atoms with Crippen LogP contribution in [0.3, 0.4) is 0 Å². The summed E-state index contributed by atoms with van der Waals surface area (Å²) in [5.41, 5.74) is 5.95. The molecular formula is C12H23N3. The van der Waals surface area contributed by atoms with Gasteiger partial charge in [0.25, 0.3) is 0 Å². The van der Waals surface area contributed by atoms with Gasteiger partial charge in [-0.05, 0) is 31.1 Å². The summed E-state index contributed by atoms with van der Waals surface area (Å²) in [6.07, 6.45) is 6.57. The number of guanidine groups is 1. The molecule has 86 valence electrons. The van der Waals surface area contributed by atoms with Crippen molar-refractivity contribution in [2.24, 2.45) is 22.6 Å². The Bertz CT molecular complexity index is 260. The standard InChI is InChI=1S/C12H23N3/c1-9(2)6-10-4-3-5-12(7-10)8-14-11(13)15-12/h9-10H,3-8H2,1-2H3,(H3,13,14,15). The molecule has 1 aliphatic carbocycles. The van der Waals surface area contributed by atoms with Crippen molar-refractivity contribution in [3.05, 3.63) is 0 Å². The summed E-state index contributed by atoms with van der Waals surface area (Å²) in [5, 5.41) is 3.40. The molecule has 0 saturated heterocycles. The number of nitrogens with one attached hydrogen (secondary N) is 1. The van der Waals surface area contributed by atoms with E-state index in [1.54, 1.807) is 0 Å². The van der Waals surface area contributed by atoms with Crippen LogP contribution in [-0.2, 0) is 0 Å². The summed E-state index contributed by atoms with van der Waals surface area (Å²) in [6, 6.07) is 0. The Hall–Kier alpha value is -0.730. The molecule has 1 saturated carbocycles. The minimum Gasteiger partial charge on any atom is -0.370 e. The third-order valence-electron chi connectivity index (χ3n) is 3.70. The van der Waals surface area contributed by atoms with Crippen molar-refractivity contribution < 1.29 is 0 Å². The van der Waals surface area contributed by atoms with Gasteiger partial charge in [-0.2, -0.15) is 0 Å². The second-order valence-electron chi connectivity index (χ2n) is 5.70. The van der Waals surface area contributed by atoms with E-state index < -0.39 is 0 Å². The summed E-state index contributed by atoms with van der Waals surface area (Å²) in [7, 11) is 0. The van der Waals surface area contributed by atoms with Crippen molar-refractivity contribution in [2.75, 3.05) is 6.54 Å². The molecule has 1 spiro atoms. The highest BCUT2D eigenvalue weighted by Crippen LogP contribution is 2.37. The number of hydrogen-bond donors (Lipinski definition) is 2. The van der Waals surface area contributed by atoms with Crippen molar-refractivity contribution in [2.45, 2.75) is 51.5 Å². The van der Waals surface area contributed by atoms with Gasteiger partial charge in [-0.1, -0.05) is 26.7 Å². The molecule has 2 rings (SSSR count). The summed E-state index contributed by atoms with van der Waals surface area (Å²) in [6.45, 7) is 5.52.